The van der Waals surface area contributed by atoms with Gasteiger partial charge in [-0.15, -0.1) is 0 Å². The van der Waals surface area contributed by atoms with E-state index < -0.39 is 10.1 Å². The number of hydrogen-bond acceptors (Lipinski definition) is 6. The van der Waals surface area contributed by atoms with Crippen molar-refractivity contribution in [2.75, 3.05) is 27.9 Å². The number of rotatable bonds is 7. The SMILES string of the molecule is COc1cc(/C=C/S(=O)(=O)OCC(C)(C)C)cc(OC)c1OC. The number of hydrogen-bond donors (Lipinski definition) is 0. The molecule has 0 unspecified atom stereocenters. The molecule has 7 heteroatoms. The molecule has 1 rings (SSSR count). The molecular weight excluding hydrogens is 320 g/mol. The largest absolute Gasteiger partial charge is 0.493 e. The Morgan fingerprint density at radius 3 is 1.91 bits per heavy atom. The van der Waals surface area contributed by atoms with E-state index in [0.29, 0.717) is 22.8 Å². The summed E-state index contributed by atoms with van der Waals surface area (Å²) < 4.78 is 44.4. The highest BCUT2D eigenvalue weighted by molar-refractivity contribution is 7.89. The quantitative estimate of drug-likeness (QED) is 0.708. The Bertz CT molecular complexity index is 631. The molecule has 0 aliphatic rings. The first-order chi connectivity index (χ1) is 10.6. The van der Waals surface area contributed by atoms with E-state index in [1.165, 1.54) is 27.4 Å². The first kappa shape index (κ1) is 19.3. The topological polar surface area (TPSA) is 71.1 Å². The van der Waals surface area contributed by atoms with E-state index in [0.717, 1.165) is 5.41 Å². The van der Waals surface area contributed by atoms with Gasteiger partial charge in [-0.1, -0.05) is 20.8 Å². The predicted molar refractivity (Wildman–Crippen MR) is 89.5 cm³/mol. The molecule has 23 heavy (non-hydrogen) atoms. The lowest BCUT2D eigenvalue weighted by atomic mass is 9.99. The van der Waals surface area contributed by atoms with E-state index in [2.05, 4.69) is 0 Å². The second-order valence-corrected chi connectivity index (χ2v) is 7.57. The van der Waals surface area contributed by atoms with Crippen LogP contribution in [0.1, 0.15) is 26.3 Å². The van der Waals surface area contributed by atoms with Crippen LogP contribution in [0.3, 0.4) is 0 Å². The second kappa shape index (κ2) is 7.70. The maximum absolute atomic E-state index is 11.9. The standard InChI is InChI=1S/C16H24O6S/c1-16(2,3)11-22-23(17,18)8-7-12-9-13(19-4)15(21-6)14(10-12)20-5/h7-10H,11H2,1-6H3/b8-7+. The molecule has 1 aromatic carbocycles. The Kier molecular flexibility index (Phi) is 6.47. The first-order valence-electron chi connectivity index (χ1n) is 6.99. The van der Waals surface area contributed by atoms with Crippen LogP contribution in [0.2, 0.25) is 0 Å². The zero-order chi connectivity index (χ0) is 17.7. The molecule has 0 spiro atoms. The highest BCUT2D eigenvalue weighted by atomic mass is 32.2. The van der Waals surface area contributed by atoms with Gasteiger partial charge in [0.1, 0.15) is 0 Å². The Labute approximate surface area is 138 Å². The summed E-state index contributed by atoms with van der Waals surface area (Å²) in [7, 11) is 0.727. The molecule has 0 saturated heterocycles. The summed E-state index contributed by atoms with van der Waals surface area (Å²) in [6, 6.07) is 3.30. The van der Waals surface area contributed by atoms with Crippen molar-refractivity contribution in [1.29, 1.82) is 0 Å². The van der Waals surface area contributed by atoms with Crippen molar-refractivity contribution in [3.63, 3.8) is 0 Å². The Balaban J connectivity index is 3.04. The molecule has 0 heterocycles. The minimum absolute atomic E-state index is 0.106. The predicted octanol–water partition coefficient (Wildman–Crippen LogP) is 3.08. The van der Waals surface area contributed by atoms with Crippen molar-refractivity contribution in [2.45, 2.75) is 20.8 Å². The van der Waals surface area contributed by atoms with Gasteiger partial charge in [-0.2, -0.15) is 8.42 Å². The van der Waals surface area contributed by atoms with E-state index >= 15 is 0 Å². The summed E-state index contributed by atoms with van der Waals surface area (Å²) in [5, 5.41) is 1.01. The summed E-state index contributed by atoms with van der Waals surface area (Å²) >= 11 is 0. The van der Waals surface area contributed by atoms with Crippen molar-refractivity contribution in [2.24, 2.45) is 5.41 Å². The van der Waals surface area contributed by atoms with Crippen LogP contribution in [-0.2, 0) is 14.3 Å². The van der Waals surface area contributed by atoms with Gasteiger partial charge in [0.05, 0.1) is 33.3 Å². The number of ether oxygens (including phenoxy) is 3. The average molecular weight is 344 g/mol. The van der Waals surface area contributed by atoms with Gasteiger partial charge < -0.3 is 14.2 Å². The number of benzene rings is 1. The third kappa shape index (κ3) is 6.11. The lowest BCUT2D eigenvalue weighted by Crippen LogP contribution is -2.17. The van der Waals surface area contributed by atoms with Gasteiger partial charge in [-0.3, -0.25) is 4.18 Å². The van der Waals surface area contributed by atoms with E-state index in [-0.39, 0.29) is 12.0 Å². The third-order valence-corrected chi connectivity index (χ3v) is 3.69. The van der Waals surface area contributed by atoms with Crippen LogP contribution < -0.4 is 14.2 Å². The zero-order valence-corrected chi connectivity index (χ0v) is 15.2. The molecule has 0 N–H and O–H groups in total. The monoisotopic (exact) mass is 344 g/mol. The summed E-state index contributed by atoms with van der Waals surface area (Å²) in [4.78, 5) is 0. The molecule has 1 aromatic rings. The van der Waals surface area contributed by atoms with E-state index in [9.17, 15) is 8.42 Å². The molecule has 0 aliphatic heterocycles. The first-order valence-corrected chi connectivity index (χ1v) is 8.46. The van der Waals surface area contributed by atoms with Crippen LogP contribution in [0.4, 0.5) is 0 Å². The molecule has 130 valence electrons. The Morgan fingerprint density at radius 2 is 1.52 bits per heavy atom. The van der Waals surface area contributed by atoms with Gasteiger partial charge in [-0.25, -0.2) is 0 Å². The molecule has 0 atom stereocenters. The minimum Gasteiger partial charge on any atom is -0.493 e. The molecule has 0 bridgehead atoms. The van der Waals surface area contributed by atoms with Gasteiger partial charge in [0, 0.05) is 0 Å². The van der Waals surface area contributed by atoms with Gasteiger partial charge in [0.15, 0.2) is 11.5 Å². The lowest BCUT2D eigenvalue weighted by Gasteiger charge is -2.16. The van der Waals surface area contributed by atoms with Gasteiger partial charge >= 0.3 is 0 Å². The lowest BCUT2D eigenvalue weighted by molar-refractivity contribution is 0.206. The smallest absolute Gasteiger partial charge is 0.290 e. The van der Waals surface area contributed by atoms with Crippen LogP contribution in [0.15, 0.2) is 17.5 Å². The van der Waals surface area contributed by atoms with Crippen molar-refractivity contribution >= 4 is 16.2 Å². The number of methoxy groups -OCH3 is 3. The Hall–Kier alpha value is -1.73. The minimum atomic E-state index is -3.76. The normalized spacial score (nSPS) is 12.4. The van der Waals surface area contributed by atoms with E-state index in [1.807, 2.05) is 20.8 Å². The van der Waals surface area contributed by atoms with E-state index in [1.54, 1.807) is 12.1 Å². The van der Waals surface area contributed by atoms with Crippen LogP contribution >= 0.6 is 0 Å². The highest BCUT2D eigenvalue weighted by Gasteiger charge is 2.16. The Morgan fingerprint density at radius 1 is 1.00 bits per heavy atom. The second-order valence-electron chi connectivity index (χ2n) is 6.08. The molecule has 0 saturated carbocycles. The fourth-order valence-corrected chi connectivity index (χ4v) is 2.58. The van der Waals surface area contributed by atoms with Crippen molar-refractivity contribution < 1.29 is 26.8 Å². The third-order valence-electron chi connectivity index (χ3n) is 2.77. The molecule has 0 fully saturated rings. The fraction of sp³-hybridized carbons (Fsp3) is 0.500. The molecule has 6 nitrogen and oxygen atoms in total. The maximum atomic E-state index is 11.9. The molecular formula is C16H24O6S. The van der Waals surface area contributed by atoms with E-state index in [4.69, 9.17) is 18.4 Å². The summed E-state index contributed by atoms with van der Waals surface area (Å²) in [5.74, 6) is 1.33. The van der Waals surface area contributed by atoms with Crippen molar-refractivity contribution in [3.05, 3.63) is 23.1 Å². The van der Waals surface area contributed by atoms with Gasteiger partial charge in [-0.05, 0) is 29.2 Å². The van der Waals surface area contributed by atoms with Crippen LogP contribution in [0, 0.1) is 5.41 Å². The van der Waals surface area contributed by atoms with Gasteiger partial charge in [0.2, 0.25) is 5.75 Å². The zero-order valence-electron chi connectivity index (χ0n) is 14.4. The molecule has 0 aromatic heterocycles. The fourth-order valence-electron chi connectivity index (χ4n) is 1.66. The maximum Gasteiger partial charge on any atom is 0.290 e. The summed E-state index contributed by atoms with van der Waals surface area (Å²) in [5.41, 5.74) is 0.343. The molecule has 0 amide bonds. The van der Waals surface area contributed by atoms with Crippen LogP contribution in [-0.4, -0.2) is 36.4 Å². The van der Waals surface area contributed by atoms with Crippen molar-refractivity contribution in [3.8, 4) is 17.2 Å². The highest BCUT2D eigenvalue weighted by Crippen LogP contribution is 2.38. The summed E-state index contributed by atoms with van der Waals surface area (Å²) in [6.45, 7) is 5.79. The summed E-state index contributed by atoms with van der Waals surface area (Å²) in [6.07, 6.45) is 1.42. The molecule has 0 radical (unpaired) electrons. The molecule has 0 aliphatic carbocycles. The average Bonchev–Trinajstić information content (AvgIpc) is 2.49. The van der Waals surface area contributed by atoms with Crippen molar-refractivity contribution in [1.82, 2.24) is 0 Å². The van der Waals surface area contributed by atoms with Crippen LogP contribution in [0.25, 0.3) is 6.08 Å². The van der Waals surface area contributed by atoms with Crippen LogP contribution in [0.5, 0.6) is 17.2 Å². The van der Waals surface area contributed by atoms with Gasteiger partial charge in [0.25, 0.3) is 10.1 Å².